The first-order valence-electron chi connectivity index (χ1n) is 12.3. The number of nitrogens with zero attached hydrogens (tertiary/aromatic N) is 5. The van der Waals surface area contributed by atoms with Crippen LogP contribution in [-0.2, 0) is 38.3 Å². The molecule has 1 aliphatic heterocycles. The molecule has 34 heavy (non-hydrogen) atoms. The molecule has 2 aromatic heterocycles. The zero-order chi connectivity index (χ0) is 23.8. The number of para-hydroxylation sites is 1. The number of anilines is 1. The second kappa shape index (κ2) is 9.16. The number of hydrogen-bond donors (Lipinski definition) is 0. The fraction of sp³-hybridized carbons (Fsp3) is 0.500. The number of carbonyl (C=O) groups is 1. The Bertz CT molecular complexity index is 1350. The van der Waals surface area contributed by atoms with E-state index in [4.69, 9.17) is 0 Å². The number of carbonyl (C=O) groups excluding carboxylic acids is 1. The van der Waals surface area contributed by atoms with E-state index in [0.29, 0.717) is 45.0 Å². The normalized spacial score (nSPS) is 16.5. The Morgan fingerprint density at radius 3 is 2.56 bits per heavy atom. The fourth-order valence-electron chi connectivity index (χ4n) is 5.63. The minimum atomic E-state index is -0.332. The maximum absolute atomic E-state index is 13.2. The van der Waals surface area contributed by atoms with Gasteiger partial charge in [0.2, 0.25) is 5.91 Å². The zero-order valence-corrected chi connectivity index (χ0v) is 20.1. The first kappa shape index (κ1) is 22.5. The Balaban J connectivity index is 1.29. The number of hydrogen-bond acceptors (Lipinski definition) is 4. The minimum Gasteiger partial charge on any atom is -0.356 e. The molecule has 180 valence electrons. The van der Waals surface area contributed by atoms with Crippen LogP contribution in [0.5, 0.6) is 0 Å². The van der Waals surface area contributed by atoms with Gasteiger partial charge in [-0.2, -0.15) is 0 Å². The number of amides is 1. The maximum atomic E-state index is 13.2. The van der Waals surface area contributed by atoms with Crippen LogP contribution in [0.4, 0.5) is 5.82 Å². The summed E-state index contributed by atoms with van der Waals surface area (Å²) in [6.45, 7) is 3.30. The van der Waals surface area contributed by atoms with Crippen molar-refractivity contribution in [3.63, 3.8) is 0 Å². The molecule has 0 radical (unpaired) electrons. The predicted octanol–water partition coefficient (Wildman–Crippen LogP) is 2.05. The lowest BCUT2D eigenvalue weighted by atomic mass is 9.95. The van der Waals surface area contributed by atoms with Crippen molar-refractivity contribution in [3.05, 3.63) is 62.4 Å². The monoisotopic (exact) mass is 463 g/mol. The third-order valence-electron chi connectivity index (χ3n) is 7.51. The van der Waals surface area contributed by atoms with Crippen LogP contribution in [0, 0.1) is 0 Å². The Kier molecular flexibility index (Phi) is 6.06. The van der Waals surface area contributed by atoms with E-state index in [1.807, 2.05) is 9.80 Å². The van der Waals surface area contributed by atoms with Crippen molar-refractivity contribution in [3.8, 4) is 0 Å². The van der Waals surface area contributed by atoms with Crippen LogP contribution >= 0.6 is 0 Å². The van der Waals surface area contributed by atoms with Gasteiger partial charge in [-0.1, -0.05) is 18.2 Å². The van der Waals surface area contributed by atoms with Gasteiger partial charge in [-0.25, -0.2) is 4.79 Å². The Hall–Kier alpha value is -3.29. The van der Waals surface area contributed by atoms with Crippen molar-refractivity contribution in [1.29, 1.82) is 0 Å². The van der Waals surface area contributed by atoms with E-state index in [1.54, 1.807) is 7.05 Å². The van der Waals surface area contributed by atoms with E-state index in [1.165, 1.54) is 52.7 Å². The summed E-state index contributed by atoms with van der Waals surface area (Å²) in [4.78, 5) is 41.7. The number of rotatable bonds is 4. The number of aryl methyl sites for hydroxylation is 2. The maximum Gasteiger partial charge on any atom is 0.332 e. The average Bonchev–Trinajstić information content (AvgIpc) is 2.99. The molecular weight excluding hydrogens is 430 g/mol. The first-order chi connectivity index (χ1) is 16.5. The van der Waals surface area contributed by atoms with Crippen LogP contribution in [0.25, 0.3) is 10.9 Å². The highest BCUT2D eigenvalue weighted by Gasteiger charge is 2.23. The second-order valence-corrected chi connectivity index (χ2v) is 9.51. The molecule has 5 rings (SSSR count). The van der Waals surface area contributed by atoms with Crippen LogP contribution in [0.2, 0.25) is 0 Å². The number of benzene rings is 1. The molecule has 0 saturated carbocycles. The Labute approximate surface area is 199 Å². The molecule has 1 amide bonds. The molecule has 8 heteroatoms. The molecule has 1 aromatic carbocycles. The van der Waals surface area contributed by atoms with Crippen LogP contribution in [0.3, 0.4) is 0 Å². The minimum absolute atomic E-state index is 0.169. The van der Waals surface area contributed by atoms with E-state index in [0.717, 1.165) is 23.8 Å². The third kappa shape index (κ3) is 3.95. The van der Waals surface area contributed by atoms with E-state index in [9.17, 15) is 14.4 Å². The van der Waals surface area contributed by atoms with Gasteiger partial charge in [0.25, 0.3) is 5.56 Å². The van der Waals surface area contributed by atoms with E-state index < -0.39 is 0 Å². The standard InChI is InChI=1S/C26H33N5O3/c1-27-23(18-25(33)28(2)26(27)34)29-13-7-14-30(17-16-29)24(32)12-15-31-21-10-5-3-8-19(21)20-9-4-6-11-22(20)31/h3,5,8,10,18H,4,6-7,9,11-17H2,1-2H3. The molecule has 0 unspecified atom stereocenters. The molecule has 3 aromatic rings. The van der Waals surface area contributed by atoms with Gasteiger partial charge in [0.15, 0.2) is 0 Å². The van der Waals surface area contributed by atoms with E-state index in [2.05, 4.69) is 28.8 Å². The summed E-state index contributed by atoms with van der Waals surface area (Å²) in [5, 5.41) is 1.34. The zero-order valence-electron chi connectivity index (χ0n) is 20.1. The van der Waals surface area contributed by atoms with Gasteiger partial charge >= 0.3 is 5.69 Å². The lowest BCUT2D eigenvalue weighted by Gasteiger charge is -2.25. The van der Waals surface area contributed by atoms with Crippen LogP contribution < -0.4 is 16.1 Å². The van der Waals surface area contributed by atoms with Gasteiger partial charge in [0.1, 0.15) is 5.82 Å². The van der Waals surface area contributed by atoms with Gasteiger partial charge in [0.05, 0.1) is 0 Å². The summed E-state index contributed by atoms with van der Waals surface area (Å²) in [7, 11) is 3.18. The predicted molar refractivity (Wildman–Crippen MR) is 134 cm³/mol. The molecule has 0 bridgehead atoms. The lowest BCUT2D eigenvalue weighted by Crippen LogP contribution is -2.41. The summed E-state index contributed by atoms with van der Waals surface area (Å²) in [6.07, 6.45) is 5.95. The van der Waals surface area contributed by atoms with Crippen molar-refractivity contribution in [2.45, 2.75) is 45.1 Å². The van der Waals surface area contributed by atoms with Crippen LogP contribution in [-0.4, -0.2) is 50.7 Å². The lowest BCUT2D eigenvalue weighted by molar-refractivity contribution is -0.131. The largest absolute Gasteiger partial charge is 0.356 e. The molecule has 0 atom stereocenters. The molecule has 1 aliphatic carbocycles. The van der Waals surface area contributed by atoms with E-state index >= 15 is 0 Å². The molecule has 0 N–H and O–H groups in total. The Morgan fingerprint density at radius 2 is 1.71 bits per heavy atom. The van der Waals surface area contributed by atoms with Gasteiger partial charge in [0, 0.05) is 75.9 Å². The quantitative estimate of drug-likeness (QED) is 0.594. The molecule has 3 heterocycles. The topological polar surface area (TPSA) is 72.5 Å². The van der Waals surface area contributed by atoms with Crippen molar-refractivity contribution in [2.24, 2.45) is 14.1 Å². The average molecular weight is 464 g/mol. The summed E-state index contributed by atoms with van der Waals surface area (Å²) in [6, 6.07) is 10.1. The molecule has 0 spiro atoms. The van der Waals surface area contributed by atoms with Crippen molar-refractivity contribution >= 4 is 22.6 Å². The van der Waals surface area contributed by atoms with Crippen molar-refractivity contribution < 1.29 is 4.79 Å². The summed E-state index contributed by atoms with van der Waals surface area (Å²) in [5.74, 6) is 0.787. The smallest absolute Gasteiger partial charge is 0.332 e. The molecule has 1 fully saturated rings. The van der Waals surface area contributed by atoms with Crippen LogP contribution in [0.15, 0.2) is 39.9 Å². The number of fused-ring (bicyclic) bond motifs is 3. The highest BCUT2D eigenvalue weighted by Crippen LogP contribution is 2.32. The molecule has 8 nitrogen and oxygen atoms in total. The van der Waals surface area contributed by atoms with Crippen molar-refractivity contribution in [1.82, 2.24) is 18.6 Å². The summed E-state index contributed by atoms with van der Waals surface area (Å²) >= 11 is 0. The summed E-state index contributed by atoms with van der Waals surface area (Å²) < 4.78 is 5.00. The second-order valence-electron chi connectivity index (χ2n) is 9.51. The number of aromatic nitrogens is 3. The first-order valence-corrected chi connectivity index (χ1v) is 12.3. The van der Waals surface area contributed by atoms with Crippen LogP contribution in [0.1, 0.15) is 36.9 Å². The molecule has 2 aliphatic rings. The highest BCUT2D eigenvalue weighted by molar-refractivity contribution is 5.86. The third-order valence-corrected chi connectivity index (χ3v) is 7.51. The van der Waals surface area contributed by atoms with Gasteiger partial charge in [-0.3, -0.25) is 18.7 Å². The highest BCUT2D eigenvalue weighted by atomic mass is 16.2. The molecule has 1 saturated heterocycles. The van der Waals surface area contributed by atoms with E-state index in [-0.39, 0.29) is 17.2 Å². The van der Waals surface area contributed by atoms with Crippen molar-refractivity contribution in [2.75, 3.05) is 31.1 Å². The Morgan fingerprint density at radius 1 is 0.912 bits per heavy atom. The van der Waals surface area contributed by atoms with Gasteiger partial charge < -0.3 is 14.4 Å². The SMILES string of the molecule is Cn1c(N2CCCN(C(=O)CCn3c4c(c5ccccc53)CCCC4)CC2)cc(=O)n(C)c1=O. The van der Waals surface area contributed by atoms with Gasteiger partial charge in [-0.05, 0) is 43.7 Å². The fourth-order valence-corrected chi connectivity index (χ4v) is 5.63. The van der Waals surface area contributed by atoms with Gasteiger partial charge in [-0.15, -0.1) is 0 Å². The summed E-state index contributed by atoms with van der Waals surface area (Å²) in [5.41, 5.74) is 3.49. The molecular formula is C26H33N5O3.